The standard InChI is InChI=1S/C12H17BrN2O/c1-8-9(13)6-5-7-10(8)15-11(16)12(2,3)14-4/h5-7,14H,1-4H3,(H,15,16). The number of hydrogen-bond donors (Lipinski definition) is 2. The third kappa shape index (κ3) is 2.83. The Labute approximate surface area is 105 Å². The summed E-state index contributed by atoms with van der Waals surface area (Å²) in [6.45, 7) is 5.65. The molecule has 1 rings (SSSR count). The maximum Gasteiger partial charge on any atom is 0.244 e. The summed E-state index contributed by atoms with van der Waals surface area (Å²) in [5.74, 6) is -0.0452. The number of halogens is 1. The average molecular weight is 285 g/mol. The van der Waals surface area contributed by atoms with Gasteiger partial charge in [0.1, 0.15) is 0 Å². The third-order valence-corrected chi connectivity index (χ3v) is 3.57. The van der Waals surface area contributed by atoms with Crippen molar-refractivity contribution < 1.29 is 4.79 Å². The Hall–Kier alpha value is -0.870. The average Bonchev–Trinajstić information content (AvgIpc) is 2.24. The minimum atomic E-state index is -0.575. The van der Waals surface area contributed by atoms with E-state index in [9.17, 15) is 4.79 Å². The van der Waals surface area contributed by atoms with Crippen LogP contribution in [0, 0.1) is 6.92 Å². The lowest BCUT2D eigenvalue weighted by atomic mass is 10.0. The van der Waals surface area contributed by atoms with E-state index in [-0.39, 0.29) is 5.91 Å². The number of carbonyl (C=O) groups is 1. The second kappa shape index (κ2) is 4.97. The van der Waals surface area contributed by atoms with Crippen molar-refractivity contribution >= 4 is 27.5 Å². The smallest absolute Gasteiger partial charge is 0.244 e. The van der Waals surface area contributed by atoms with Crippen LogP contribution in [0.5, 0.6) is 0 Å². The molecule has 4 heteroatoms. The van der Waals surface area contributed by atoms with E-state index >= 15 is 0 Å². The van der Waals surface area contributed by atoms with E-state index in [2.05, 4.69) is 26.6 Å². The molecule has 0 aliphatic rings. The zero-order chi connectivity index (χ0) is 12.3. The van der Waals surface area contributed by atoms with Gasteiger partial charge in [0.05, 0.1) is 5.54 Å². The van der Waals surface area contributed by atoms with Crippen LogP contribution in [-0.2, 0) is 4.79 Å². The molecule has 1 aromatic rings. The molecule has 16 heavy (non-hydrogen) atoms. The molecule has 0 heterocycles. The van der Waals surface area contributed by atoms with Gasteiger partial charge in [0.15, 0.2) is 0 Å². The first-order valence-electron chi connectivity index (χ1n) is 5.14. The van der Waals surface area contributed by atoms with Crippen molar-refractivity contribution in [2.24, 2.45) is 0 Å². The van der Waals surface area contributed by atoms with Crippen molar-refractivity contribution in [3.8, 4) is 0 Å². The molecule has 88 valence electrons. The molecule has 0 saturated heterocycles. The fourth-order valence-corrected chi connectivity index (χ4v) is 1.50. The Bertz CT molecular complexity index is 402. The monoisotopic (exact) mass is 284 g/mol. The van der Waals surface area contributed by atoms with E-state index in [4.69, 9.17) is 0 Å². The molecular weight excluding hydrogens is 268 g/mol. The highest BCUT2D eigenvalue weighted by molar-refractivity contribution is 9.10. The summed E-state index contributed by atoms with van der Waals surface area (Å²) in [6.07, 6.45) is 0. The molecule has 0 unspecified atom stereocenters. The van der Waals surface area contributed by atoms with E-state index in [1.54, 1.807) is 7.05 Å². The Morgan fingerprint density at radius 2 is 2.00 bits per heavy atom. The molecule has 0 aromatic heterocycles. The maximum absolute atomic E-state index is 11.9. The lowest BCUT2D eigenvalue weighted by Crippen LogP contribution is -2.48. The molecule has 1 aromatic carbocycles. The van der Waals surface area contributed by atoms with Gasteiger partial charge in [-0.3, -0.25) is 4.79 Å². The van der Waals surface area contributed by atoms with Crippen molar-refractivity contribution in [1.29, 1.82) is 0 Å². The zero-order valence-electron chi connectivity index (χ0n) is 10.0. The van der Waals surface area contributed by atoms with Crippen LogP contribution in [0.25, 0.3) is 0 Å². The number of carbonyl (C=O) groups excluding carboxylic acids is 1. The summed E-state index contributed by atoms with van der Waals surface area (Å²) in [4.78, 5) is 11.9. The molecule has 0 saturated carbocycles. The molecule has 0 aliphatic carbocycles. The maximum atomic E-state index is 11.9. The normalized spacial score (nSPS) is 11.3. The second-order valence-electron chi connectivity index (χ2n) is 4.24. The molecule has 0 bridgehead atoms. The molecule has 2 N–H and O–H groups in total. The van der Waals surface area contributed by atoms with E-state index < -0.39 is 5.54 Å². The number of anilines is 1. The van der Waals surface area contributed by atoms with Gasteiger partial charge >= 0.3 is 0 Å². The number of likely N-dealkylation sites (N-methyl/N-ethyl adjacent to an activating group) is 1. The van der Waals surface area contributed by atoms with Gasteiger partial charge in [-0.1, -0.05) is 22.0 Å². The zero-order valence-corrected chi connectivity index (χ0v) is 11.6. The third-order valence-electron chi connectivity index (χ3n) is 2.71. The molecular formula is C12H17BrN2O. The summed E-state index contributed by atoms with van der Waals surface area (Å²) in [5.41, 5.74) is 1.29. The largest absolute Gasteiger partial charge is 0.324 e. The first kappa shape index (κ1) is 13.2. The lowest BCUT2D eigenvalue weighted by Gasteiger charge is -2.23. The Morgan fingerprint density at radius 1 is 1.38 bits per heavy atom. The van der Waals surface area contributed by atoms with Crippen molar-refractivity contribution in [2.75, 3.05) is 12.4 Å². The quantitative estimate of drug-likeness (QED) is 0.896. The van der Waals surface area contributed by atoms with Crippen molar-refractivity contribution in [3.63, 3.8) is 0 Å². The van der Waals surface area contributed by atoms with Gasteiger partial charge in [0, 0.05) is 10.2 Å². The van der Waals surface area contributed by atoms with Crippen LogP contribution in [0.15, 0.2) is 22.7 Å². The topological polar surface area (TPSA) is 41.1 Å². The molecule has 0 fully saturated rings. The molecule has 0 radical (unpaired) electrons. The summed E-state index contributed by atoms with van der Waals surface area (Å²) in [6, 6.07) is 5.75. The van der Waals surface area contributed by atoms with Crippen LogP contribution in [0.1, 0.15) is 19.4 Å². The van der Waals surface area contributed by atoms with Crippen molar-refractivity contribution in [2.45, 2.75) is 26.3 Å². The highest BCUT2D eigenvalue weighted by atomic mass is 79.9. The Balaban J connectivity index is 2.90. The fraction of sp³-hybridized carbons (Fsp3) is 0.417. The molecule has 1 amide bonds. The van der Waals surface area contributed by atoms with Gasteiger partial charge < -0.3 is 10.6 Å². The first-order valence-corrected chi connectivity index (χ1v) is 5.93. The summed E-state index contributed by atoms with van der Waals surface area (Å²) >= 11 is 3.44. The fourth-order valence-electron chi connectivity index (χ4n) is 1.13. The van der Waals surface area contributed by atoms with E-state index in [0.717, 1.165) is 15.7 Å². The van der Waals surface area contributed by atoms with Crippen LogP contribution in [-0.4, -0.2) is 18.5 Å². The predicted molar refractivity (Wildman–Crippen MR) is 70.6 cm³/mol. The summed E-state index contributed by atoms with van der Waals surface area (Å²) in [7, 11) is 1.77. The lowest BCUT2D eigenvalue weighted by molar-refractivity contribution is -0.121. The Morgan fingerprint density at radius 3 is 2.56 bits per heavy atom. The van der Waals surface area contributed by atoms with Gasteiger partial charge in [-0.25, -0.2) is 0 Å². The van der Waals surface area contributed by atoms with E-state index in [1.165, 1.54) is 0 Å². The van der Waals surface area contributed by atoms with Crippen LogP contribution in [0.3, 0.4) is 0 Å². The highest BCUT2D eigenvalue weighted by Crippen LogP contribution is 2.24. The van der Waals surface area contributed by atoms with Crippen LogP contribution < -0.4 is 10.6 Å². The van der Waals surface area contributed by atoms with Gasteiger partial charge in [-0.05, 0) is 45.5 Å². The van der Waals surface area contributed by atoms with Gasteiger partial charge in [0.25, 0.3) is 0 Å². The first-order chi connectivity index (χ1) is 7.38. The number of benzene rings is 1. The molecule has 0 aliphatic heterocycles. The van der Waals surface area contributed by atoms with Crippen LogP contribution >= 0.6 is 15.9 Å². The Kier molecular flexibility index (Phi) is 4.10. The van der Waals surface area contributed by atoms with Crippen molar-refractivity contribution in [1.82, 2.24) is 5.32 Å². The number of nitrogens with one attached hydrogen (secondary N) is 2. The SMILES string of the molecule is CNC(C)(C)C(=O)Nc1cccc(Br)c1C. The van der Waals surface area contributed by atoms with Gasteiger partial charge in [0.2, 0.25) is 5.91 Å². The second-order valence-corrected chi connectivity index (χ2v) is 5.10. The van der Waals surface area contributed by atoms with Gasteiger partial charge in [-0.2, -0.15) is 0 Å². The summed E-state index contributed by atoms with van der Waals surface area (Å²) in [5, 5.41) is 5.88. The number of rotatable bonds is 3. The van der Waals surface area contributed by atoms with Gasteiger partial charge in [-0.15, -0.1) is 0 Å². The highest BCUT2D eigenvalue weighted by Gasteiger charge is 2.25. The summed E-state index contributed by atoms with van der Waals surface area (Å²) < 4.78 is 0.993. The predicted octanol–water partition coefficient (Wildman–Crippen LogP) is 2.69. The minimum Gasteiger partial charge on any atom is -0.324 e. The number of amides is 1. The van der Waals surface area contributed by atoms with E-state index in [1.807, 2.05) is 39.0 Å². The molecule has 0 spiro atoms. The van der Waals surface area contributed by atoms with Crippen LogP contribution in [0.4, 0.5) is 5.69 Å². The molecule has 3 nitrogen and oxygen atoms in total. The molecule has 0 atom stereocenters. The van der Waals surface area contributed by atoms with Crippen LogP contribution in [0.2, 0.25) is 0 Å². The minimum absolute atomic E-state index is 0.0452. The van der Waals surface area contributed by atoms with E-state index in [0.29, 0.717) is 0 Å². The number of hydrogen-bond acceptors (Lipinski definition) is 2. The van der Waals surface area contributed by atoms with Crippen molar-refractivity contribution in [3.05, 3.63) is 28.2 Å².